The molecule has 0 fully saturated rings. The molecule has 2 N–H and O–H groups in total. The Hall–Kier alpha value is -1.92. The minimum atomic E-state index is -0.382. The van der Waals surface area contributed by atoms with E-state index < -0.39 is 0 Å². The van der Waals surface area contributed by atoms with E-state index in [0.717, 1.165) is 5.39 Å². The summed E-state index contributed by atoms with van der Waals surface area (Å²) in [5.74, 6) is -0.382. The second kappa shape index (κ2) is 9.85. The molecule has 144 valence electrons. The van der Waals surface area contributed by atoms with Crippen molar-refractivity contribution in [3.05, 3.63) is 59.2 Å². The number of primary amides is 1. The molecule has 0 aliphatic rings. The molecule has 0 aliphatic carbocycles. The fourth-order valence-electron chi connectivity index (χ4n) is 3.35. The van der Waals surface area contributed by atoms with Crippen LogP contribution in [0.2, 0.25) is 0 Å². The van der Waals surface area contributed by atoms with Crippen molar-refractivity contribution in [3.63, 3.8) is 0 Å². The molecule has 3 aromatic carbocycles. The van der Waals surface area contributed by atoms with Gasteiger partial charge in [-0.1, -0.05) is 50.6 Å². The summed E-state index contributed by atoms with van der Waals surface area (Å²) >= 11 is 0. The summed E-state index contributed by atoms with van der Waals surface area (Å²) < 4.78 is 0. The number of hydrogen-bond donors (Lipinski definition) is 1. The van der Waals surface area contributed by atoms with Crippen molar-refractivity contribution in [1.82, 2.24) is 0 Å². The van der Waals surface area contributed by atoms with Crippen molar-refractivity contribution in [2.24, 2.45) is 5.73 Å². The molecule has 1 unspecified atom stereocenters. The van der Waals surface area contributed by atoms with E-state index in [2.05, 4.69) is 52.6 Å². The van der Waals surface area contributed by atoms with E-state index in [1.165, 1.54) is 52.5 Å². The molecular formula is C24H32NOP. The fraction of sp³-hybridized carbons (Fsp3) is 0.375. The Morgan fingerprint density at radius 1 is 0.926 bits per heavy atom. The number of aryl methyl sites for hydroxylation is 2. The number of nitrogens with two attached hydrogens (primary N) is 1. The molecule has 2 nitrogen and oxygen atoms in total. The van der Waals surface area contributed by atoms with Gasteiger partial charge in [0.25, 0.3) is 0 Å². The smallest absolute Gasteiger partial charge is 0.248 e. The Labute approximate surface area is 164 Å². The number of rotatable bonds is 5. The van der Waals surface area contributed by atoms with E-state index in [-0.39, 0.29) is 5.91 Å². The number of carbonyl (C=O) groups excluding carboxylic acids is 1. The monoisotopic (exact) mass is 381 g/mol. The number of hydrogen-bond acceptors (Lipinski definition) is 1. The third kappa shape index (κ3) is 5.08. The summed E-state index contributed by atoms with van der Waals surface area (Å²) in [4.78, 5) is 11.3. The average molecular weight is 382 g/mol. The first-order chi connectivity index (χ1) is 12.9. The van der Waals surface area contributed by atoms with Gasteiger partial charge in [0.2, 0.25) is 5.91 Å². The van der Waals surface area contributed by atoms with E-state index in [4.69, 9.17) is 5.73 Å². The first kappa shape index (κ1) is 21.4. The van der Waals surface area contributed by atoms with Gasteiger partial charge in [-0.2, -0.15) is 0 Å². The zero-order valence-corrected chi connectivity index (χ0v) is 18.2. The SMILES string of the molecule is CCCCP(C)CC.Cc1c2ccccc2c(C)c2cc(C(N)=O)ccc12. The van der Waals surface area contributed by atoms with Crippen LogP contribution in [-0.2, 0) is 0 Å². The van der Waals surface area contributed by atoms with Crippen LogP contribution in [0.15, 0.2) is 42.5 Å². The molecule has 3 rings (SSSR count). The highest BCUT2D eigenvalue weighted by molar-refractivity contribution is 7.56. The quantitative estimate of drug-likeness (QED) is 0.391. The molecular weight excluding hydrogens is 349 g/mol. The van der Waals surface area contributed by atoms with E-state index in [1.54, 1.807) is 6.07 Å². The number of fused-ring (bicyclic) bond motifs is 2. The van der Waals surface area contributed by atoms with E-state index in [0.29, 0.717) is 13.5 Å². The van der Waals surface area contributed by atoms with Gasteiger partial charge in [-0.3, -0.25) is 4.79 Å². The molecule has 0 spiro atoms. The van der Waals surface area contributed by atoms with Crippen LogP contribution in [0.25, 0.3) is 21.5 Å². The van der Waals surface area contributed by atoms with Crippen molar-refractivity contribution < 1.29 is 4.79 Å². The Bertz CT molecular complexity index is 932. The van der Waals surface area contributed by atoms with Crippen LogP contribution >= 0.6 is 7.92 Å². The molecule has 0 aliphatic heterocycles. The third-order valence-corrected chi connectivity index (χ3v) is 7.44. The maximum atomic E-state index is 11.3. The first-order valence-electron chi connectivity index (χ1n) is 9.80. The minimum absolute atomic E-state index is 0.382. The van der Waals surface area contributed by atoms with Crippen LogP contribution in [0.1, 0.15) is 48.2 Å². The second-order valence-electron chi connectivity index (χ2n) is 7.17. The predicted octanol–water partition coefficient (Wildman–Crippen LogP) is 6.63. The molecule has 0 radical (unpaired) electrons. The van der Waals surface area contributed by atoms with Crippen LogP contribution in [-0.4, -0.2) is 24.9 Å². The Kier molecular flexibility index (Phi) is 7.80. The lowest BCUT2D eigenvalue weighted by Crippen LogP contribution is -2.10. The lowest BCUT2D eigenvalue weighted by molar-refractivity contribution is 0.100. The minimum Gasteiger partial charge on any atom is -0.366 e. The first-order valence-corrected chi connectivity index (χ1v) is 12.0. The molecule has 3 heteroatoms. The van der Waals surface area contributed by atoms with Gasteiger partial charge in [-0.25, -0.2) is 0 Å². The summed E-state index contributed by atoms with van der Waals surface area (Å²) in [6.07, 6.45) is 5.71. The van der Waals surface area contributed by atoms with Gasteiger partial charge in [0.1, 0.15) is 0 Å². The summed E-state index contributed by atoms with van der Waals surface area (Å²) in [5, 5.41) is 4.78. The van der Waals surface area contributed by atoms with Crippen molar-refractivity contribution in [3.8, 4) is 0 Å². The van der Waals surface area contributed by atoms with Crippen molar-refractivity contribution >= 4 is 35.4 Å². The number of amides is 1. The zero-order chi connectivity index (χ0) is 20.0. The molecule has 1 amide bonds. The molecule has 0 saturated carbocycles. The highest BCUT2D eigenvalue weighted by Gasteiger charge is 2.10. The molecule has 27 heavy (non-hydrogen) atoms. The lowest BCUT2D eigenvalue weighted by Gasteiger charge is -2.12. The average Bonchev–Trinajstić information content (AvgIpc) is 2.70. The van der Waals surface area contributed by atoms with E-state index in [1.807, 2.05) is 18.2 Å². The fourth-order valence-corrected chi connectivity index (χ4v) is 4.52. The zero-order valence-electron chi connectivity index (χ0n) is 17.3. The molecule has 0 saturated heterocycles. The summed E-state index contributed by atoms with van der Waals surface area (Å²) in [6, 6.07) is 14.0. The van der Waals surface area contributed by atoms with Gasteiger partial charge in [0.05, 0.1) is 0 Å². The Morgan fingerprint density at radius 3 is 2.00 bits per heavy atom. The van der Waals surface area contributed by atoms with Crippen molar-refractivity contribution in [2.45, 2.75) is 40.5 Å². The number of benzene rings is 3. The van der Waals surface area contributed by atoms with Gasteiger partial charge in [-0.15, -0.1) is 7.92 Å². The molecule has 3 aromatic rings. The van der Waals surface area contributed by atoms with Gasteiger partial charge >= 0.3 is 0 Å². The number of unbranched alkanes of at least 4 members (excludes halogenated alkanes) is 1. The van der Waals surface area contributed by atoms with Crippen LogP contribution in [0.5, 0.6) is 0 Å². The van der Waals surface area contributed by atoms with Gasteiger partial charge in [0.15, 0.2) is 0 Å². The van der Waals surface area contributed by atoms with E-state index in [9.17, 15) is 4.79 Å². The van der Waals surface area contributed by atoms with Crippen LogP contribution in [0, 0.1) is 13.8 Å². The summed E-state index contributed by atoms with van der Waals surface area (Å²) in [5.41, 5.74) is 8.36. The molecule has 0 aromatic heterocycles. The second-order valence-corrected chi connectivity index (χ2v) is 9.96. The van der Waals surface area contributed by atoms with Crippen molar-refractivity contribution in [1.29, 1.82) is 0 Å². The maximum absolute atomic E-state index is 11.3. The Morgan fingerprint density at radius 2 is 1.48 bits per heavy atom. The van der Waals surface area contributed by atoms with Gasteiger partial charge in [0, 0.05) is 5.56 Å². The molecule has 1 atom stereocenters. The van der Waals surface area contributed by atoms with Crippen LogP contribution in [0.4, 0.5) is 0 Å². The van der Waals surface area contributed by atoms with Gasteiger partial charge < -0.3 is 5.73 Å². The highest BCUT2D eigenvalue weighted by Crippen LogP contribution is 2.32. The lowest BCUT2D eigenvalue weighted by atomic mass is 9.92. The van der Waals surface area contributed by atoms with Crippen molar-refractivity contribution in [2.75, 3.05) is 19.0 Å². The Balaban J connectivity index is 0.000000279. The van der Waals surface area contributed by atoms with Crippen LogP contribution in [0.3, 0.4) is 0 Å². The topological polar surface area (TPSA) is 43.1 Å². The normalized spacial score (nSPS) is 11.9. The highest BCUT2D eigenvalue weighted by atomic mass is 31.1. The standard InChI is InChI=1S/C17H15NO.C7H17P/c1-10-13-5-3-4-6-14(13)11(2)16-9-12(17(18)19)7-8-15(10)16;1-4-6-7-8(3)5-2/h3-9H,1-2H3,(H2,18,19);4-7H2,1-3H3. The third-order valence-electron chi connectivity index (χ3n) is 5.28. The summed E-state index contributed by atoms with van der Waals surface area (Å²) in [6.45, 7) is 11.2. The molecule has 0 heterocycles. The van der Waals surface area contributed by atoms with E-state index >= 15 is 0 Å². The predicted molar refractivity (Wildman–Crippen MR) is 123 cm³/mol. The maximum Gasteiger partial charge on any atom is 0.248 e. The van der Waals surface area contributed by atoms with Gasteiger partial charge in [-0.05, 0) is 84.1 Å². The summed E-state index contributed by atoms with van der Waals surface area (Å²) in [7, 11) is 0.416. The molecule has 0 bridgehead atoms. The van der Waals surface area contributed by atoms with Crippen LogP contribution < -0.4 is 5.73 Å². The number of carbonyl (C=O) groups is 1. The largest absolute Gasteiger partial charge is 0.366 e.